The van der Waals surface area contributed by atoms with Gasteiger partial charge in [0.1, 0.15) is 0 Å². The number of urea groups is 1. The van der Waals surface area contributed by atoms with Crippen LogP contribution in [0.4, 0.5) is 10.5 Å². The second-order valence-electron chi connectivity index (χ2n) is 9.71. The normalized spacial score (nSPS) is 13.6. The maximum atomic E-state index is 13.6. The van der Waals surface area contributed by atoms with Crippen molar-refractivity contribution < 1.29 is 19.1 Å². The highest BCUT2D eigenvalue weighted by Crippen LogP contribution is 2.28. The lowest BCUT2D eigenvalue weighted by atomic mass is 9.88. The fraction of sp³-hybridized carbons (Fsp3) is 0.312. The van der Waals surface area contributed by atoms with E-state index in [9.17, 15) is 9.59 Å². The van der Waals surface area contributed by atoms with E-state index in [2.05, 4.69) is 65.3 Å². The van der Waals surface area contributed by atoms with E-state index in [1.54, 1.807) is 31.2 Å². The molecule has 0 atom stereocenters. The van der Waals surface area contributed by atoms with Gasteiger partial charge in [-0.2, -0.15) is 0 Å². The van der Waals surface area contributed by atoms with E-state index in [-0.39, 0.29) is 11.9 Å². The zero-order valence-electron chi connectivity index (χ0n) is 22.6. The second kappa shape index (κ2) is 14.3. The van der Waals surface area contributed by atoms with E-state index < -0.39 is 5.97 Å². The summed E-state index contributed by atoms with van der Waals surface area (Å²) in [6, 6.07) is 27.4. The molecule has 1 aliphatic rings. The standard InChI is InChI=1S/C32H37N3O4/c1-25(2)39-31(36)28-14-9-15-29(24-28)33-32(37)35(19-18-34-20-22-38-23-21-34)17-16-30(26-10-5-3-6-11-26)27-12-7-4-8-13-27/h3-15,24,30H,1,16-23H2,2H3,(H,33,37). The fourth-order valence-electron chi connectivity index (χ4n) is 4.73. The summed E-state index contributed by atoms with van der Waals surface area (Å²) in [5.41, 5.74) is 3.33. The highest BCUT2D eigenvalue weighted by Gasteiger charge is 2.21. The minimum absolute atomic E-state index is 0.159. The molecule has 2 amide bonds. The molecular formula is C32H37N3O4. The van der Waals surface area contributed by atoms with Crippen LogP contribution in [0.5, 0.6) is 0 Å². The van der Waals surface area contributed by atoms with Gasteiger partial charge in [-0.15, -0.1) is 0 Å². The predicted octanol–water partition coefficient (Wildman–Crippen LogP) is 5.77. The van der Waals surface area contributed by atoms with Gasteiger partial charge in [0.2, 0.25) is 0 Å². The van der Waals surface area contributed by atoms with Gasteiger partial charge in [-0.25, -0.2) is 9.59 Å². The molecule has 0 unspecified atom stereocenters. The molecule has 0 bridgehead atoms. The van der Waals surface area contributed by atoms with Gasteiger partial charge >= 0.3 is 12.0 Å². The average Bonchev–Trinajstić information content (AvgIpc) is 2.96. The minimum atomic E-state index is -0.503. The van der Waals surface area contributed by atoms with Crippen molar-refractivity contribution >= 4 is 17.7 Å². The summed E-state index contributed by atoms with van der Waals surface area (Å²) >= 11 is 0. The third-order valence-electron chi connectivity index (χ3n) is 6.79. The Morgan fingerprint density at radius 3 is 2.21 bits per heavy atom. The summed E-state index contributed by atoms with van der Waals surface area (Å²) in [6.07, 6.45) is 0.773. The van der Waals surface area contributed by atoms with Crippen molar-refractivity contribution in [3.63, 3.8) is 0 Å². The number of allylic oxidation sites excluding steroid dienone is 1. The molecule has 0 saturated carbocycles. The number of nitrogens with one attached hydrogen (secondary N) is 1. The van der Waals surface area contributed by atoms with Gasteiger partial charge in [0.05, 0.1) is 24.5 Å². The molecule has 1 saturated heterocycles. The predicted molar refractivity (Wildman–Crippen MR) is 154 cm³/mol. The molecule has 204 valence electrons. The molecule has 7 heteroatoms. The Balaban J connectivity index is 1.50. The summed E-state index contributed by atoms with van der Waals surface area (Å²) in [7, 11) is 0. The first-order valence-electron chi connectivity index (χ1n) is 13.4. The number of amides is 2. The highest BCUT2D eigenvalue weighted by molar-refractivity contribution is 5.94. The third-order valence-corrected chi connectivity index (χ3v) is 6.79. The van der Waals surface area contributed by atoms with E-state index in [1.165, 1.54) is 11.1 Å². The van der Waals surface area contributed by atoms with Gasteiger partial charge in [-0.3, -0.25) is 4.90 Å². The number of carbonyl (C=O) groups excluding carboxylic acids is 2. The summed E-state index contributed by atoms with van der Waals surface area (Å²) in [5.74, 6) is -0.0298. The molecule has 39 heavy (non-hydrogen) atoms. The Labute approximate surface area is 231 Å². The Morgan fingerprint density at radius 2 is 1.59 bits per heavy atom. The van der Waals surface area contributed by atoms with Crippen LogP contribution in [-0.2, 0) is 9.47 Å². The quantitative estimate of drug-likeness (QED) is 0.253. The molecule has 7 nitrogen and oxygen atoms in total. The summed E-state index contributed by atoms with van der Waals surface area (Å²) in [5, 5.41) is 3.00. The summed E-state index contributed by atoms with van der Waals surface area (Å²) in [4.78, 5) is 30.1. The zero-order chi connectivity index (χ0) is 27.5. The van der Waals surface area contributed by atoms with Crippen molar-refractivity contribution in [2.75, 3.05) is 51.3 Å². The lowest BCUT2D eigenvalue weighted by Crippen LogP contribution is -2.44. The van der Waals surface area contributed by atoms with Crippen LogP contribution in [0.15, 0.2) is 97.3 Å². The SMILES string of the molecule is C=C(C)OC(=O)c1cccc(NC(=O)N(CCC(c2ccccc2)c2ccccc2)CCN2CCOCC2)c1. The molecule has 1 N–H and O–H groups in total. The first-order valence-corrected chi connectivity index (χ1v) is 13.4. The molecule has 1 heterocycles. The number of esters is 1. The van der Waals surface area contributed by atoms with E-state index in [4.69, 9.17) is 9.47 Å². The van der Waals surface area contributed by atoms with Crippen LogP contribution in [0.2, 0.25) is 0 Å². The molecule has 0 aliphatic carbocycles. The second-order valence-corrected chi connectivity index (χ2v) is 9.71. The molecule has 0 radical (unpaired) electrons. The number of hydrogen-bond acceptors (Lipinski definition) is 5. The van der Waals surface area contributed by atoms with Crippen LogP contribution in [0.25, 0.3) is 0 Å². The molecule has 1 aliphatic heterocycles. The van der Waals surface area contributed by atoms with Crippen LogP contribution in [0.1, 0.15) is 40.7 Å². The van der Waals surface area contributed by atoms with Gasteiger partial charge in [0.25, 0.3) is 0 Å². The molecular weight excluding hydrogens is 490 g/mol. The van der Waals surface area contributed by atoms with Gasteiger partial charge in [0.15, 0.2) is 0 Å². The number of nitrogens with zero attached hydrogens (tertiary/aromatic N) is 2. The Kier molecular flexibility index (Phi) is 10.3. The lowest BCUT2D eigenvalue weighted by Gasteiger charge is -2.31. The van der Waals surface area contributed by atoms with Crippen LogP contribution in [0, 0.1) is 0 Å². The summed E-state index contributed by atoms with van der Waals surface area (Å²) < 4.78 is 10.6. The minimum Gasteiger partial charge on any atom is -0.428 e. The number of rotatable bonds is 11. The maximum absolute atomic E-state index is 13.6. The Hall–Kier alpha value is -3.94. The molecule has 4 rings (SSSR count). The highest BCUT2D eigenvalue weighted by atomic mass is 16.5. The van der Waals surface area contributed by atoms with E-state index in [0.29, 0.717) is 43.3 Å². The van der Waals surface area contributed by atoms with E-state index in [0.717, 1.165) is 26.1 Å². The molecule has 0 spiro atoms. The van der Waals surface area contributed by atoms with Crippen molar-refractivity contribution in [3.8, 4) is 0 Å². The summed E-state index contributed by atoms with van der Waals surface area (Å²) in [6.45, 7) is 10.3. The van der Waals surface area contributed by atoms with Gasteiger partial charge in [-0.1, -0.05) is 73.3 Å². The number of ether oxygens (including phenoxy) is 2. The molecule has 0 aromatic heterocycles. The monoisotopic (exact) mass is 527 g/mol. The molecule has 3 aromatic rings. The maximum Gasteiger partial charge on any atom is 0.343 e. The van der Waals surface area contributed by atoms with E-state index in [1.807, 2.05) is 17.0 Å². The first-order chi connectivity index (χ1) is 19.0. The van der Waals surface area contributed by atoms with Crippen molar-refractivity contribution in [2.24, 2.45) is 0 Å². The average molecular weight is 528 g/mol. The Bertz CT molecular complexity index is 1190. The third kappa shape index (κ3) is 8.53. The largest absolute Gasteiger partial charge is 0.428 e. The van der Waals surface area contributed by atoms with Crippen molar-refractivity contribution in [3.05, 3.63) is 114 Å². The zero-order valence-corrected chi connectivity index (χ0v) is 22.6. The number of carbonyl (C=O) groups is 2. The van der Waals surface area contributed by atoms with E-state index >= 15 is 0 Å². The van der Waals surface area contributed by atoms with Crippen molar-refractivity contribution in [1.29, 1.82) is 0 Å². The lowest BCUT2D eigenvalue weighted by molar-refractivity contribution is 0.0351. The fourth-order valence-corrected chi connectivity index (χ4v) is 4.73. The van der Waals surface area contributed by atoms with Gasteiger partial charge in [-0.05, 0) is 42.7 Å². The number of hydrogen-bond donors (Lipinski definition) is 1. The Morgan fingerprint density at radius 1 is 0.949 bits per heavy atom. The molecule has 3 aromatic carbocycles. The number of benzene rings is 3. The number of morpholine rings is 1. The van der Waals surface area contributed by atoms with Crippen LogP contribution in [0.3, 0.4) is 0 Å². The van der Waals surface area contributed by atoms with Gasteiger partial charge < -0.3 is 19.7 Å². The first kappa shape index (κ1) is 28.1. The van der Waals surface area contributed by atoms with Crippen LogP contribution >= 0.6 is 0 Å². The number of anilines is 1. The molecule has 1 fully saturated rings. The topological polar surface area (TPSA) is 71.1 Å². The van der Waals surface area contributed by atoms with Gasteiger partial charge in [0, 0.05) is 44.3 Å². The van der Waals surface area contributed by atoms with Crippen molar-refractivity contribution in [2.45, 2.75) is 19.3 Å². The van der Waals surface area contributed by atoms with Crippen molar-refractivity contribution in [1.82, 2.24) is 9.80 Å². The smallest absolute Gasteiger partial charge is 0.343 e. The van der Waals surface area contributed by atoms with Crippen LogP contribution < -0.4 is 5.32 Å². The van der Waals surface area contributed by atoms with Crippen LogP contribution in [-0.4, -0.2) is 67.7 Å².